The highest BCUT2D eigenvalue weighted by atomic mass is 15.3. The van der Waals surface area contributed by atoms with Crippen LogP contribution >= 0.6 is 0 Å². The molecule has 0 aliphatic heterocycles. The van der Waals surface area contributed by atoms with E-state index in [1.54, 1.807) is 0 Å². The minimum Gasteiger partial charge on any atom is -0.370 e. The van der Waals surface area contributed by atoms with Crippen molar-refractivity contribution in [2.45, 2.75) is 34.1 Å². The largest absolute Gasteiger partial charge is 0.370 e. The van der Waals surface area contributed by atoms with Crippen LogP contribution in [0.5, 0.6) is 0 Å². The fourth-order valence-corrected chi connectivity index (χ4v) is 2.47. The average molecular weight is 299 g/mol. The highest BCUT2D eigenvalue weighted by molar-refractivity contribution is 5.92. The Kier molecular flexibility index (Phi) is 4.85. The predicted octanol–water partition coefficient (Wildman–Crippen LogP) is 2.62. The Morgan fingerprint density at radius 3 is 2.55 bits per heavy atom. The Morgan fingerprint density at radius 1 is 1.23 bits per heavy atom. The van der Waals surface area contributed by atoms with Crippen LogP contribution < -0.4 is 11.1 Å². The summed E-state index contributed by atoms with van der Waals surface area (Å²) in [6.07, 6.45) is 0.848. The van der Waals surface area contributed by atoms with E-state index in [0.29, 0.717) is 12.5 Å². The molecule has 118 valence electrons. The molecule has 0 saturated carbocycles. The van der Waals surface area contributed by atoms with Crippen molar-refractivity contribution in [3.05, 3.63) is 46.3 Å². The summed E-state index contributed by atoms with van der Waals surface area (Å²) in [4.78, 5) is 4.40. The third kappa shape index (κ3) is 3.67. The van der Waals surface area contributed by atoms with Crippen LogP contribution in [0.2, 0.25) is 0 Å². The summed E-state index contributed by atoms with van der Waals surface area (Å²) < 4.78 is 1.91. The Morgan fingerprint density at radius 2 is 1.95 bits per heavy atom. The summed E-state index contributed by atoms with van der Waals surface area (Å²) in [6, 6.07) is 6.17. The monoisotopic (exact) mass is 299 g/mol. The van der Waals surface area contributed by atoms with Crippen LogP contribution in [-0.4, -0.2) is 22.3 Å². The lowest BCUT2D eigenvalue weighted by Crippen LogP contribution is -2.23. The molecular formula is C17H25N5. The van der Waals surface area contributed by atoms with Crippen molar-refractivity contribution in [2.75, 3.05) is 11.9 Å². The van der Waals surface area contributed by atoms with Gasteiger partial charge in [-0.15, -0.1) is 0 Å². The normalized spacial score (nSPS) is 11.8. The van der Waals surface area contributed by atoms with Crippen molar-refractivity contribution in [3.8, 4) is 0 Å². The smallest absolute Gasteiger partial charge is 0.193 e. The van der Waals surface area contributed by atoms with Crippen LogP contribution in [0.25, 0.3) is 0 Å². The van der Waals surface area contributed by atoms with Crippen molar-refractivity contribution in [2.24, 2.45) is 17.8 Å². The lowest BCUT2D eigenvalue weighted by molar-refractivity contribution is 0.730. The first-order valence-electron chi connectivity index (χ1n) is 7.51. The molecule has 2 aromatic rings. The molecule has 0 fully saturated rings. The molecule has 1 heterocycles. The van der Waals surface area contributed by atoms with E-state index in [0.717, 1.165) is 17.8 Å². The molecule has 0 aliphatic rings. The van der Waals surface area contributed by atoms with Gasteiger partial charge < -0.3 is 11.1 Å². The first kappa shape index (κ1) is 16.1. The maximum absolute atomic E-state index is 5.96. The van der Waals surface area contributed by atoms with Crippen molar-refractivity contribution in [1.29, 1.82) is 0 Å². The fourth-order valence-electron chi connectivity index (χ4n) is 2.47. The molecular weight excluding hydrogens is 274 g/mol. The maximum atomic E-state index is 5.96. The Bertz CT molecular complexity index is 697. The van der Waals surface area contributed by atoms with E-state index < -0.39 is 0 Å². The number of aromatic nitrogens is 2. The van der Waals surface area contributed by atoms with Crippen molar-refractivity contribution in [1.82, 2.24) is 9.78 Å². The van der Waals surface area contributed by atoms with E-state index in [1.807, 2.05) is 24.7 Å². The number of nitrogens with zero attached hydrogens (tertiary/aromatic N) is 3. The Labute approximate surface area is 132 Å². The molecule has 5 nitrogen and oxygen atoms in total. The number of aryl methyl sites for hydroxylation is 4. The van der Waals surface area contributed by atoms with Crippen LogP contribution in [0, 0.1) is 27.7 Å². The van der Waals surface area contributed by atoms with Gasteiger partial charge in [0.2, 0.25) is 0 Å². The van der Waals surface area contributed by atoms with Gasteiger partial charge in [-0.05, 0) is 62.9 Å². The molecule has 0 unspecified atom stereocenters. The number of guanidine groups is 1. The van der Waals surface area contributed by atoms with E-state index >= 15 is 0 Å². The SMILES string of the molecule is Cc1ccc(NC(N)=NCCc2c(C)nn(C)c2C)cc1C. The number of nitrogens with two attached hydrogens (primary N) is 1. The molecule has 1 aromatic carbocycles. The quantitative estimate of drug-likeness (QED) is 0.673. The van der Waals surface area contributed by atoms with E-state index in [2.05, 4.69) is 48.3 Å². The van der Waals surface area contributed by atoms with Gasteiger partial charge in [-0.3, -0.25) is 9.67 Å². The standard InChI is InChI=1S/C17H25N5/c1-11-6-7-15(10-12(11)2)20-17(18)19-9-8-16-13(3)21-22(5)14(16)4/h6-7,10H,8-9H2,1-5H3,(H3,18,19,20). The van der Waals surface area contributed by atoms with Gasteiger partial charge >= 0.3 is 0 Å². The minimum absolute atomic E-state index is 0.447. The van der Waals surface area contributed by atoms with Gasteiger partial charge in [0.25, 0.3) is 0 Å². The highest BCUT2D eigenvalue weighted by Gasteiger charge is 2.08. The average Bonchev–Trinajstić information content (AvgIpc) is 2.69. The van der Waals surface area contributed by atoms with Gasteiger partial charge in [-0.2, -0.15) is 5.10 Å². The summed E-state index contributed by atoms with van der Waals surface area (Å²) in [5, 5.41) is 7.55. The molecule has 3 N–H and O–H groups in total. The van der Waals surface area contributed by atoms with Crippen molar-refractivity contribution in [3.63, 3.8) is 0 Å². The van der Waals surface area contributed by atoms with Gasteiger partial charge in [-0.1, -0.05) is 6.07 Å². The zero-order valence-corrected chi connectivity index (χ0v) is 14.1. The third-order valence-corrected chi connectivity index (χ3v) is 4.08. The summed E-state index contributed by atoms with van der Waals surface area (Å²) in [7, 11) is 1.96. The molecule has 0 aliphatic carbocycles. The van der Waals surface area contributed by atoms with Gasteiger partial charge in [-0.25, -0.2) is 0 Å². The van der Waals surface area contributed by atoms with Gasteiger partial charge in [0.1, 0.15) is 0 Å². The van der Waals surface area contributed by atoms with Crippen molar-refractivity contribution < 1.29 is 0 Å². The van der Waals surface area contributed by atoms with E-state index in [4.69, 9.17) is 5.73 Å². The summed E-state index contributed by atoms with van der Waals surface area (Å²) in [5.74, 6) is 0.447. The highest BCUT2D eigenvalue weighted by Crippen LogP contribution is 2.14. The second-order valence-electron chi connectivity index (χ2n) is 5.71. The summed E-state index contributed by atoms with van der Waals surface area (Å²) in [5.41, 5.74) is 12.9. The number of hydrogen-bond acceptors (Lipinski definition) is 2. The first-order chi connectivity index (χ1) is 10.4. The van der Waals surface area contributed by atoms with Crippen LogP contribution in [0.1, 0.15) is 28.1 Å². The lowest BCUT2D eigenvalue weighted by Gasteiger charge is -2.08. The molecule has 0 radical (unpaired) electrons. The van der Waals surface area contributed by atoms with E-state index in [1.165, 1.54) is 22.4 Å². The Hall–Kier alpha value is -2.30. The lowest BCUT2D eigenvalue weighted by atomic mass is 10.1. The molecule has 1 aromatic heterocycles. The molecule has 0 amide bonds. The van der Waals surface area contributed by atoms with E-state index in [-0.39, 0.29) is 0 Å². The summed E-state index contributed by atoms with van der Waals surface area (Å²) in [6.45, 7) is 8.94. The Balaban J connectivity index is 1.96. The van der Waals surface area contributed by atoms with Crippen molar-refractivity contribution >= 4 is 11.6 Å². The molecule has 0 spiro atoms. The first-order valence-corrected chi connectivity index (χ1v) is 7.51. The zero-order chi connectivity index (χ0) is 16.3. The minimum atomic E-state index is 0.447. The molecule has 5 heteroatoms. The molecule has 0 atom stereocenters. The van der Waals surface area contributed by atoms with Crippen LogP contribution in [0.15, 0.2) is 23.2 Å². The number of rotatable bonds is 4. The van der Waals surface area contributed by atoms with Crippen LogP contribution in [0.4, 0.5) is 5.69 Å². The number of aliphatic imine (C=N–C) groups is 1. The van der Waals surface area contributed by atoms with Crippen LogP contribution in [0.3, 0.4) is 0 Å². The molecule has 0 saturated heterocycles. The number of hydrogen-bond donors (Lipinski definition) is 2. The maximum Gasteiger partial charge on any atom is 0.193 e. The van der Waals surface area contributed by atoms with Gasteiger partial charge in [0.05, 0.1) is 5.69 Å². The molecule has 22 heavy (non-hydrogen) atoms. The predicted molar refractivity (Wildman–Crippen MR) is 92.4 cm³/mol. The van der Waals surface area contributed by atoms with E-state index in [9.17, 15) is 0 Å². The second-order valence-corrected chi connectivity index (χ2v) is 5.71. The number of nitrogens with one attached hydrogen (secondary N) is 1. The molecule has 0 bridgehead atoms. The van der Waals surface area contributed by atoms with Crippen LogP contribution in [-0.2, 0) is 13.5 Å². The second kappa shape index (κ2) is 6.64. The number of benzene rings is 1. The summed E-state index contributed by atoms with van der Waals surface area (Å²) >= 11 is 0. The number of anilines is 1. The zero-order valence-electron chi connectivity index (χ0n) is 14.1. The third-order valence-electron chi connectivity index (χ3n) is 4.08. The fraction of sp³-hybridized carbons (Fsp3) is 0.412. The molecule has 2 rings (SSSR count). The van der Waals surface area contributed by atoms with Gasteiger partial charge in [0, 0.05) is 25.0 Å². The topological polar surface area (TPSA) is 68.2 Å². The van der Waals surface area contributed by atoms with Gasteiger partial charge in [0.15, 0.2) is 5.96 Å².